The van der Waals surface area contributed by atoms with Crippen LogP contribution in [0.4, 0.5) is 5.82 Å². The first kappa shape index (κ1) is 11.9. The van der Waals surface area contributed by atoms with Crippen molar-refractivity contribution in [3.63, 3.8) is 0 Å². The molecule has 3 nitrogen and oxygen atoms in total. The summed E-state index contributed by atoms with van der Waals surface area (Å²) in [6.07, 6.45) is 3.60. The van der Waals surface area contributed by atoms with E-state index in [1.165, 1.54) is 11.1 Å². The number of anilines is 1. The summed E-state index contributed by atoms with van der Waals surface area (Å²) in [4.78, 5) is 8.34. The number of nitrogens with one attached hydrogen (secondary N) is 1. The quantitative estimate of drug-likeness (QED) is 0.663. The molecule has 88 valence electrons. The van der Waals surface area contributed by atoms with E-state index in [2.05, 4.69) is 46.5 Å². The Balaban J connectivity index is 2.05. The van der Waals surface area contributed by atoms with Gasteiger partial charge in [0.1, 0.15) is 17.2 Å². The van der Waals surface area contributed by atoms with Crippen molar-refractivity contribution >= 4 is 17.6 Å². The predicted octanol–water partition coefficient (Wildman–Crippen LogP) is 3.12. The van der Waals surface area contributed by atoms with Gasteiger partial charge in [-0.1, -0.05) is 24.3 Å². The van der Waals surface area contributed by atoms with Gasteiger partial charge in [-0.25, -0.2) is 9.97 Å². The van der Waals surface area contributed by atoms with Gasteiger partial charge in [0, 0.05) is 12.6 Å². The Morgan fingerprint density at radius 2 is 2.06 bits per heavy atom. The van der Waals surface area contributed by atoms with Gasteiger partial charge in [0.05, 0.1) is 0 Å². The molecule has 0 atom stereocenters. The van der Waals surface area contributed by atoms with Crippen LogP contribution in [-0.4, -0.2) is 16.2 Å². The number of rotatable bonds is 4. The maximum absolute atomic E-state index is 4.20. The lowest BCUT2D eigenvalue weighted by Crippen LogP contribution is -2.03. The fourth-order valence-electron chi connectivity index (χ4n) is 1.54. The fraction of sp³-hybridized carbons (Fsp3) is 0.231. The SMILES string of the molecule is CSc1cc(NCc2ccccc2C)ncn1. The van der Waals surface area contributed by atoms with E-state index in [0.717, 1.165) is 17.4 Å². The summed E-state index contributed by atoms with van der Waals surface area (Å²) in [5.41, 5.74) is 2.58. The van der Waals surface area contributed by atoms with E-state index in [0.29, 0.717) is 0 Å². The largest absolute Gasteiger partial charge is 0.366 e. The van der Waals surface area contributed by atoms with Gasteiger partial charge in [-0.15, -0.1) is 11.8 Å². The topological polar surface area (TPSA) is 37.8 Å². The Morgan fingerprint density at radius 3 is 2.82 bits per heavy atom. The number of aromatic nitrogens is 2. The molecule has 1 aromatic carbocycles. The van der Waals surface area contributed by atoms with Gasteiger partial charge in [0.25, 0.3) is 0 Å². The first-order valence-corrected chi connectivity index (χ1v) is 6.66. The molecule has 0 saturated carbocycles. The van der Waals surface area contributed by atoms with Crippen molar-refractivity contribution in [1.82, 2.24) is 9.97 Å². The summed E-state index contributed by atoms with van der Waals surface area (Å²) >= 11 is 1.62. The minimum atomic E-state index is 0.789. The monoisotopic (exact) mass is 245 g/mol. The molecule has 0 radical (unpaired) electrons. The van der Waals surface area contributed by atoms with Crippen molar-refractivity contribution in [2.75, 3.05) is 11.6 Å². The van der Waals surface area contributed by atoms with E-state index < -0.39 is 0 Å². The molecule has 4 heteroatoms. The van der Waals surface area contributed by atoms with Gasteiger partial charge in [-0.05, 0) is 24.3 Å². The van der Waals surface area contributed by atoms with Crippen molar-refractivity contribution < 1.29 is 0 Å². The maximum Gasteiger partial charge on any atom is 0.130 e. The Hall–Kier alpha value is -1.55. The van der Waals surface area contributed by atoms with Gasteiger partial charge in [-0.3, -0.25) is 0 Å². The van der Waals surface area contributed by atoms with Crippen LogP contribution in [0.15, 0.2) is 41.7 Å². The van der Waals surface area contributed by atoms with Crippen LogP contribution in [0.2, 0.25) is 0 Å². The van der Waals surface area contributed by atoms with Crippen LogP contribution in [0.3, 0.4) is 0 Å². The van der Waals surface area contributed by atoms with Crippen molar-refractivity contribution in [3.05, 3.63) is 47.8 Å². The van der Waals surface area contributed by atoms with Gasteiger partial charge < -0.3 is 5.32 Å². The number of thioether (sulfide) groups is 1. The van der Waals surface area contributed by atoms with Crippen molar-refractivity contribution in [2.45, 2.75) is 18.5 Å². The maximum atomic E-state index is 4.20. The molecular formula is C13H15N3S. The molecule has 0 fully saturated rings. The summed E-state index contributed by atoms with van der Waals surface area (Å²) in [7, 11) is 0. The lowest BCUT2D eigenvalue weighted by atomic mass is 10.1. The molecule has 2 aromatic rings. The second-order valence-electron chi connectivity index (χ2n) is 3.73. The van der Waals surface area contributed by atoms with Crippen LogP contribution in [0.25, 0.3) is 0 Å². The molecule has 0 amide bonds. The Labute approximate surface area is 106 Å². The lowest BCUT2D eigenvalue weighted by molar-refractivity contribution is 1.02. The van der Waals surface area contributed by atoms with E-state index in [9.17, 15) is 0 Å². The molecule has 0 spiro atoms. The molecule has 1 heterocycles. The second kappa shape index (κ2) is 5.68. The summed E-state index contributed by atoms with van der Waals surface area (Å²) in [6, 6.07) is 10.3. The van der Waals surface area contributed by atoms with E-state index in [1.807, 2.05) is 12.3 Å². The van der Waals surface area contributed by atoms with E-state index in [1.54, 1.807) is 18.1 Å². The molecule has 17 heavy (non-hydrogen) atoms. The van der Waals surface area contributed by atoms with Gasteiger partial charge in [0.2, 0.25) is 0 Å². The van der Waals surface area contributed by atoms with Crippen LogP contribution in [0.5, 0.6) is 0 Å². The smallest absolute Gasteiger partial charge is 0.130 e. The Morgan fingerprint density at radius 1 is 1.24 bits per heavy atom. The lowest BCUT2D eigenvalue weighted by Gasteiger charge is -2.08. The number of hydrogen-bond donors (Lipinski definition) is 1. The van der Waals surface area contributed by atoms with Crippen LogP contribution in [0, 0.1) is 6.92 Å². The third kappa shape index (κ3) is 3.20. The highest BCUT2D eigenvalue weighted by atomic mass is 32.2. The van der Waals surface area contributed by atoms with E-state index in [-0.39, 0.29) is 0 Å². The van der Waals surface area contributed by atoms with Crippen molar-refractivity contribution in [2.24, 2.45) is 0 Å². The Kier molecular flexibility index (Phi) is 3.98. The highest BCUT2D eigenvalue weighted by molar-refractivity contribution is 7.98. The minimum Gasteiger partial charge on any atom is -0.366 e. The average Bonchev–Trinajstić information content (AvgIpc) is 2.38. The molecule has 0 unspecified atom stereocenters. The number of hydrogen-bond acceptors (Lipinski definition) is 4. The third-order valence-corrected chi connectivity index (χ3v) is 3.21. The summed E-state index contributed by atoms with van der Waals surface area (Å²) in [5.74, 6) is 0.868. The highest BCUT2D eigenvalue weighted by Gasteiger charge is 1.99. The second-order valence-corrected chi connectivity index (χ2v) is 4.55. The fourth-order valence-corrected chi connectivity index (χ4v) is 1.92. The first-order chi connectivity index (χ1) is 8.29. The summed E-state index contributed by atoms with van der Waals surface area (Å²) in [6.45, 7) is 2.90. The van der Waals surface area contributed by atoms with Crippen molar-refractivity contribution in [3.8, 4) is 0 Å². The van der Waals surface area contributed by atoms with Crippen LogP contribution < -0.4 is 5.32 Å². The van der Waals surface area contributed by atoms with Gasteiger partial charge in [-0.2, -0.15) is 0 Å². The molecule has 0 saturated heterocycles. The average molecular weight is 245 g/mol. The minimum absolute atomic E-state index is 0.789. The number of benzene rings is 1. The zero-order valence-electron chi connectivity index (χ0n) is 9.97. The molecule has 2 rings (SSSR count). The zero-order valence-corrected chi connectivity index (χ0v) is 10.8. The molecule has 0 aliphatic heterocycles. The standard InChI is InChI=1S/C13H15N3S/c1-10-5-3-4-6-11(10)8-14-12-7-13(17-2)16-9-15-12/h3-7,9H,8H2,1-2H3,(H,14,15,16). The Bertz CT molecular complexity index is 500. The molecule has 0 bridgehead atoms. The molecular weight excluding hydrogens is 230 g/mol. The third-order valence-electron chi connectivity index (χ3n) is 2.57. The zero-order chi connectivity index (χ0) is 12.1. The molecule has 1 N–H and O–H groups in total. The van der Waals surface area contributed by atoms with E-state index >= 15 is 0 Å². The van der Waals surface area contributed by atoms with Crippen LogP contribution in [-0.2, 0) is 6.54 Å². The predicted molar refractivity (Wildman–Crippen MR) is 72.3 cm³/mol. The molecule has 1 aromatic heterocycles. The van der Waals surface area contributed by atoms with Crippen LogP contribution in [0.1, 0.15) is 11.1 Å². The van der Waals surface area contributed by atoms with Crippen LogP contribution >= 0.6 is 11.8 Å². The van der Waals surface area contributed by atoms with E-state index in [4.69, 9.17) is 0 Å². The summed E-state index contributed by atoms with van der Waals surface area (Å²) in [5, 5.41) is 4.29. The van der Waals surface area contributed by atoms with Crippen molar-refractivity contribution in [1.29, 1.82) is 0 Å². The number of nitrogens with zero attached hydrogens (tertiary/aromatic N) is 2. The van der Waals surface area contributed by atoms with Gasteiger partial charge >= 0.3 is 0 Å². The highest BCUT2D eigenvalue weighted by Crippen LogP contribution is 2.15. The normalized spacial score (nSPS) is 10.2. The molecule has 0 aliphatic carbocycles. The first-order valence-electron chi connectivity index (χ1n) is 5.44. The summed E-state index contributed by atoms with van der Waals surface area (Å²) < 4.78 is 0. The number of aryl methyl sites for hydroxylation is 1. The van der Waals surface area contributed by atoms with Gasteiger partial charge in [0.15, 0.2) is 0 Å². The molecule has 0 aliphatic rings.